The average Bonchev–Trinajstić information content (AvgIpc) is 3.25. The lowest BCUT2D eigenvalue weighted by molar-refractivity contribution is 0.0990. The molecule has 0 aromatic heterocycles. The van der Waals surface area contributed by atoms with Gasteiger partial charge >= 0.3 is 0 Å². The van der Waals surface area contributed by atoms with Gasteiger partial charge in [-0.3, -0.25) is 4.90 Å². The van der Waals surface area contributed by atoms with E-state index in [4.69, 9.17) is 0 Å². The third kappa shape index (κ3) is 3.83. The molecule has 1 aromatic carbocycles. The number of hydrogen-bond donors (Lipinski definition) is 1. The standard InChI is InChI=1S/C18H27FN2/c1-13(2)9-16-12-21(18(10-20-16)14-7-8-14)11-15-5-3-4-6-17(15)19/h3-6,13-14,16,18,20H,7-12H2,1-2H3. The maximum absolute atomic E-state index is 14.0. The Morgan fingerprint density at radius 3 is 2.71 bits per heavy atom. The summed E-state index contributed by atoms with van der Waals surface area (Å²) in [6.45, 7) is 7.42. The number of halogens is 1. The molecule has 1 N–H and O–H groups in total. The van der Waals surface area contributed by atoms with Crippen molar-refractivity contribution >= 4 is 0 Å². The zero-order valence-corrected chi connectivity index (χ0v) is 13.2. The van der Waals surface area contributed by atoms with Crippen LogP contribution in [0.2, 0.25) is 0 Å². The number of nitrogens with zero attached hydrogens (tertiary/aromatic N) is 1. The summed E-state index contributed by atoms with van der Waals surface area (Å²) >= 11 is 0. The smallest absolute Gasteiger partial charge is 0.127 e. The van der Waals surface area contributed by atoms with Crippen molar-refractivity contribution in [1.82, 2.24) is 10.2 Å². The second kappa shape index (κ2) is 6.45. The molecule has 0 radical (unpaired) electrons. The molecule has 2 unspecified atom stereocenters. The van der Waals surface area contributed by atoms with E-state index in [1.54, 1.807) is 12.1 Å². The van der Waals surface area contributed by atoms with E-state index in [1.807, 2.05) is 12.1 Å². The van der Waals surface area contributed by atoms with Crippen LogP contribution in [0.5, 0.6) is 0 Å². The van der Waals surface area contributed by atoms with Crippen molar-refractivity contribution in [3.05, 3.63) is 35.6 Å². The molecule has 3 heteroatoms. The van der Waals surface area contributed by atoms with Crippen LogP contribution in [0.25, 0.3) is 0 Å². The largest absolute Gasteiger partial charge is 0.311 e. The highest BCUT2D eigenvalue weighted by Crippen LogP contribution is 2.37. The molecule has 2 fully saturated rings. The van der Waals surface area contributed by atoms with Crippen LogP contribution in [0, 0.1) is 17.7 Å². The SMILES string of the molecule is CC(C)CC1CN(Cc2ccccc2F)C(C2CC2)CN1. The Hall–Kier alpha value is -0.930. The molecule has 0 bridgehead atoms. The van der Waals surface area contributed by atoms with Crippen LogP contribution >= 0.6 is 0 Å². The van der Waals surface area contributed by atoms with Crippen LogP contribution in [-0.2, 0) is 6.54 Å². The van der Waals surface area contributed by atoms with Gasteiger partial charge in [-0.1, -0.05) is 32.0 Å². The van der Waals surface area contributed by atoms with Crippen molar-refractivity contribution in [2.24, 2.45) is 11.8 Å². The highest BCUT2D eigenvalue weighted by molar-refractivity contribution is 5.17. The lowest BCUT2D eigenvalue weighted by Crippen LogP contribution is -2.57. The molecule has 0 spiro atoms. The molecule has 2 aliphatic rings. The predicted octanol–water partition coefficient (Wildman–Crippen LogP) is 3.42. The number of rotatable bonds is 5. The van der Waals surface area contributed by atoms with Gasteiger partial charge < -0.3 is 5.32 Å². The third-order valence-electron chi connectivity index (χ3n) is 4.79. The van der Waals surface area contributed by atoms with E-state index < -0.39 is 0 Å². The van der Waals surface area contributed by atoms with E-state index in [2.05, 4.69) is 24.1 Å². The van der Waals surface area contributed by atoms with E-state index in [-0.39, 0.29) is 5.82 Å². The van der Waals surface area contributed by atoms with Gasteiger partial charge in [-0.05, 0) is 37.2 Å². The van der Waals surface area contributed by atoms with Crippen LogP contribution < -0.4 is 5.32 Å². The summed E-state index contributed by atoms with van der Waals surface area (Å²) in [5.74, 6) is 1.46. The fourth-order valence-corrected chi connectivity index (χ4v) is 3.60. The van der Waals surface area contributed by atoms with E-state index in [0.29, 0.717) is 18.0 Å². The maximum Gasteiger partial charge on any atom is 0.127 e. The quantitative estimate of drug-likeness (QED) is 0.894. The lowest BCUT2D eigenvalue weighted by atomic mass is 9.97. The van der Waals surface area contributed by atoms with Gasteiger partial charge in [0.1, 0.15) is 5.82 Å². The Morgan fingerprint density at radius 2 is 2.05 bits per heavy atom. The Bertz CT molecular complexity index is 470. The van der Waals surface area contributed by atoms with Crippen LogP contribution in [0.15, 0.2) is 24.3 Å². The van der Waals surface area contributed by atoms with Gasteiger partial charge in [0, 0.05) is 37.3 Å². The lowest BCUT2D eigenvalue weighted by Gasteiger charge is -2.41. The van der Waals surface area contributed by atoms with E-state index in [0.717, 1.165) is 31.1 Å². The van der Waals surface area contributed by atoms with Crippen molar-refractivity contribution < 1.29 is 4.39 Å². The minimum absolute atomic E-state index is 0.0639. The Balaban J connectivity index is 1.69. The maximum atomic E-state index is 14.0. The molecule has 1 aliphatic heterocycles. The topological polar surface area (TPSA) is 15.3 Å². The summed E-state index contributed by atoms with van der Waals surface area (Å²) in [5, 5.41) is 3.72. The molecule has 1 saturated heterocycles. The number of hydrogen-bond acceptors (Lipinski definition) is 2. The Morgan fingerprint density at radius 1 is 1.29 bits per heavy atom. The first-order valence-corrected chi connectivity index (χ1v) is 8.34. The number of piperazine rings is 1. The fourth-order valence-electron chi connectivity index (χ4n) is 3.60. The van der Waals surface area contributed by atoms with Crippen LogP contribution in [0.4, 0.5) is 4.39 Å². The van der Waals surface area contributed by atoms with Crippen LogP contribution in [0.1, 0.15) is 38.7 Å². The highest BCUT2D eigenvalue weighted by atomic mass is 19.1. The van der Waals surface area contributed by atoms with Gasteiger partial charge in [-0.2, -0.15) is 0 Å². The third-order valence-corrected chi connectivity index (χ3v) is 4.79. The van der Waals surface area contributed by atoms with Crippen molar-refractivity contribution in [1.29, 1.82) is 0 Å². The van der Waals surface area contributed by atoms with Crippen LogP contribution in [-0.4, -0.2) is 30.1 Å². The molecule has 2 atom stereocenters. The molecule has 116 valence electrons. The molecule has 1 saturated carbocycles. The van der Waals surface area contributed by atoms with Crippen molar-refractivity contribution in [3.8, 4) is 0 Å². The first-order valence-electron chi connectivity index (χ1n) is 8.34. The van der Waals surface area contributed by atoms with Gasteiger partial charge in [0.25, 0.3) is 0 Å². The van der Waals surface area contributed by atoms with Crippen molar-refractivity contribution in [3.63, 3.8) is 0 Å². The Kier molecular flexibility index (Phi) is 4.60. The molecule has 1 aliphatic carbocycles. The Labute approximate surface area is 127 Å². The zero-order valence-electron chi connectivity index (χ0n) is 13.2. The fraction of sp³-hybridized carbons (Fsp3) is 0.667. The van der Waals surface area contributed by atoms with E-state index >= 15 is 0 Å². The summed E-state index contributed by atoms with van der Waals surface area (Å²) < 4.78 is 14.0. The summed E-state index contributed by atoms with van der Waals surface area (Å²) in [4.78, 5) is 2.53. The summed E-state index contributed by atoms with van der Waals surface area (Å²) in [6.07, 6.45) is 3.88. The van der Waals surface area contributed by atoms with Gasteiger partial charge in [0.15, 0.2) is 0 Å². The normalized spacial score (nSPS) is 27.2. The molecule has 0 amide bonds. The van der Waals surface area contributed by atoms with Crippen molar-refractivity contribution in [2.45, 2.75) is 51.7 Å². The predicted molar refractivity (Wildman–Crippen MR) is 84.6 cm³/mol. The first-order chi connectivity index (χ1) is 10.1. The second-order valence-corrected chi connectivity index (χ2v) is 7.16. The zero-order chi connectivity index (χ0) is 14.8. The number of nitrogens with one attached hydrogen (secondary N) is 1. The molecular formula is C18H27FN2. The van der Waals surface area contributed by atoms with Gasteiger partial charge in [-0.25, -0.2) is 4.39 Å². The molecule has 1 aromatic rings. The molecule has 2 nitrogen and oxygen atoms in total. The van der Waals surface area contributed by atoms with Gasteiger partial charge in [0.05, 0.1) is 0 Å². The van der Waals surface area contributed by atoms with Gasteiger partial charge in [0.2, 0.25) is 0 Å². The van der Waals surface area contributed by atoms with E-state index in [9.17, 15) is 4.39 Å². The number of benzene rings is 1. The molecule has 21 heavy (non-hydrogen) atoms. The monoisotopic (exact) mass is 290 g/mol. The summed E-state index contributed by atoms with van der Waals surface area (Å²) in [6, 6.07) is 8.36. The minimum atomic E-state index is -0.0639. The molecule has 3 rings (SSSR count). The summed E-state index contributed by atoms with van der Waals surface area (Å²) in [7, 11) is 0. The average molecular weight is 290 g/mol. The van der Waals surface area contributed by atoms with E-state index in [1.165, 1.54) is 19.3 Å². The minimum Gasteiger partial charge on any atom is -0.311 e. The first kappa shape index (κ1) is 15.0. The molecule has 1 heterocycles. The second-order valence-electron chi connectivity index (χ2n) is 7.16. The summed E-state index contributed by atoms with van der Waals surface area (Å²) in [5.41, 5.74) is 0.841. The van der Waals surface area contributed by atoms with Gasteiger partial charge in [-0.15, -0.1) is 0 Å². The van der Waals surface area contributed by atoms with Crippen molar-refractivity contribution in [2.75, 3.05) is 13.1 Å². The van der Waals surface area contributed by atoms with Crippen LogP contribution in [0.3, 0.4) is 0 Å². The highest BCUT2D eigenvalue weighted by Gasteiger charge is 2.38. The molecular weight excluding hydrogens is 263 g/mol.